The predicted octanol–water partition coefficient (Wildman–Crippen LogP) is 6.69. The Hall–Kier alpha value is -6.28. The van der Waals surface area contributed by atoms with E-state index in [2.05, 4.69) is 10.6 Å². The van der Waals surface area contributed by atoms with Gasteiger partial charge in [-0.3, -0.25) is 9.59 Å². The second-order valence-electron chi connectivity index (χ2n) is 20.8. The number of rotatable bonds is 24. The summed E-state index contributed by atoms with van der Waals surface area (Å²) < 4.78 is 32.0. The van der Waals surface area contributed by atoms with Crippen LogP contribution in [0, 0.1) is 11.6 Å². The molecule has 0 spiro atoms. The first-order chi connectivity index (χ1) is 39.3. The smallest absolute Gasteiger partial charge is 1.00 e. The van der Waals surface area contributed by atoms with E-state index in [0.717, 1.165) is 22.5 Å². The van der Waals surface area contributed by atoms with Crippen molar-refractivity contribution in [3.05, 3.63) is 204 Å². The van der Waals surface area contributed by atoms with Gasteiger partial charge >= 0.3 is 67.3 Å². The molecular formula is C66H69CaF2N4NaO10. The molecule has 2 amide bonds. The molecule has 0 aliphatic carbocycles. The number of para-hydroxylation sites is 2. The zero-order valence-corrected chi connectivity index (χ0v) is 52.1. The molecule has 4 atom stereocenters. The fraction of sp³-hybridized carbons (Fsp3) is 0.273. The number of hydrogen-bond donors (Lipinski definition) is 6. The van der Waals surface area contributed by atoms with Crippen molar-refractivity contribution in [2.45, 2.75) is 116 Å². The molecule has 430 valence electrons. The van der Waals surface area contributed by atoms with Crippen molar-refractivity contribution in [1.82, 2.24) is 9.13 Å². The number of anilines is 2. The molecule has 8 aromatic rings. The number of aliphatic hydroxyl groups is 4. The van der Waals surface area contributed by atoms with Crippen LogP contribution in [0.5, 0.6) is 0 Å². The van der Waals surface area contributed by atoms with Gasteiger partial charge in [-0.15, -0.1) is 0 Å². The summed E-state index contributed by atoms with van der Waals surface area (Å²) in [5.74, 6) is -4.41. The largest absolute Gasteiger partial charge is 2.00 e. The van der Waals surface area contributed by atoms with Crippen molar-refractivity contribution in [3.63, 3.8) is 0 Å². The third-order valence-electron chi connectivity index (χ3n) is 13.8. The zero-order chi connectivity index (χ0) is 59.0. The van der Waals surface area contributed by atoms with Crippen molar-refractivity contribution in [3.8, 4) is 44.8 Å². The van der Waals surface area contributed by atoms with Gasteiger partial charge in [-0.1, -0.05) is 125 Å². The van der Waals surface area contributed by atoms with E-state index in [-0.39, 0.29) is 131 Å². The molecule has 8 rings (SSSR count). The Morgan fingerprint density at radius 1 is 0.464 bits per heavy atom. The van der Waals surface area contributed by atoms with Crippen LogP contribution in [0.3, 0.4) is 0 Å². The van der Waals surface area contributed by atoms with Gasteiger partial charge in [-0.2, -0.15) is 0 Å². The van der Waals surface area contributed by atoms with Crippen LogP contribution in [0.1, 0.15) is 112 Å². The van der Waals surface area contributed by atoms with E-state index in [1.807, 2.05) is 134 Å². The van der Waals surface area contributed by atoms with E-state index in [1.54, 1.807) is 48.5 Å². The second-order valence-corrected chi connectivity index (χ2v) is 20.8. The molecule has 0 saturated carbocycles. The minimum Gasteiger partial charge on any atom is -1.00 e. The maximum Gasteiger partial charge on any atom is 2.00 e. The Kier molecular flexibility index (Phi) is 26.8. The zero-order valence-electron chi connectivity index (χ0n) is 48.9. The summed E-state index contributed by atoms with van der Waals surface area (Å²) in [4.78, 5) is 49.8. The fourth-order valence-corrected chi connectivity index (χ4v) is 10.4. The van der Waals surface area contributed by atoms with Gasteiger partial charge in [0.05, 0.1) is 46.9 Å². The van der Waals surface area contributed by atoms with Crippen molar-refractivity contribution in [2.75, 3.05) is 10.6 Å². The Bertz CT molecular complexity index is 3180. The number of halogens is 2. The Morgan fingerprint density at radius 3 is 1.05 bits per heavy atom. The third-order valence-corrected chi connectivity index (χ3v) is 13.8. The number of carboxylic acid groups (broad SMARTS) is 2. The van der Waals surface area contributed by atoms with E-state index < -0.39 is 60.8 Å². The molecule has 2 heterocycles. The number of nitrogens with one attached hydrogen (secondary N) is 2. The molecule has 0 bridgehead atoms. The third kappa shape index (κ3) is 18.4. The number of carbonyl (C=O) groups is 4. The standard InChI is InChI=1S/2C33H35FN2O5.Ca.Na.H/c2*1-21(2)31-30(33(41)35-25-11-7-4-8-12-25)29(22-9-5-3-6-10-22)32(23-13-15-24(34)16-14-23)36(31)18-17-26(37)19-27(38)20-28(39)40;;;/h2*3-16,21,26-27,37-38H,17-20H2,1-2H3,(H,35,41)(H,39,40);;;/q;;+2;+1;-1/p-2/t2*26-,27-;;;/m11.../s1. The summed E-state index contributed by atoms with van der Waals surface area (Å²) in [7, 11) is 0. The van der Waals surface area contributed by atoms with E-state index in [9.17, 15) is 58.6 Å². The van der Waals surface area contributed by atoms with Crippen molar-refractivity contribution < 1.29 is 89.6 Å². The molecule has 0 aliphatic heterocycles. The van der Waals surface area contributed by atoms with Crippen LogP contribution < -0.4 is 50.4 Å². The number of aromatic nitrogens is 2. The van der Waals surface area contributed by atoms with Crippen LogP contribution in [0.2, 0.25) is 0 Å². The number of carboxylic acids is 2. The number of aliphatic hydroxyl groups excluding tert-OH is 4. The predicted molar refractivity (Wildman–Crippen MR) is 316 cm³/mol. The molecule has 84 heavy (non-hydrogen) atoms. The average Bonchev–Trinajstić information content (AvgIpc) is 2.07. The Labute approximate surface area is 542 Å². The van der Waals surface area contributed by atoms with Gasteiger partial charge in [0, 0.05) is 71.8 Å². The number of amides is 2. The van der Waals surface area contributed by atoms with E-state index >= 15 is 0 Å². The Morgan fingerprint density at radius 2 is 0.762 bits per heavy atom. The molecule has 2 aromatic heterocycles. The average molecular weight is 1180 g/mol. The molecule has 0 aliphatic rings. The maximum atomic E-state index is 14.0. The van der Waals surface area contributed by atoms with Gasteiger partial charge < -0.3 is 61.4 Å². The van der Waals surface area contributed by atoms with Gasteiger partial charge in [-0.05, 0) is 133 Å². The SMILES string of the molecule is CC(C)c1c(C(=O)Nc2ccccc2)c(-c2ccccc2)c(-c2ccc(F)cc2)n1CC[C@@H](O)C[C@@H](O)CC(=O)[O-].CC(C)c1c(C(=O)Nc2ccccc2)c(-c2ccccc2)c(-c2ccc(F)cc2)n1CC[C@@H](O)C[C@@H](O)CC(=O)[O-].[Ca+2].[H-].[Na+]. The normalized spacial score (nSPS) is 12.4. The van der Waals surface area contributed by atoms with Crippen LogP contribution in [0.4, 0.5) is 20.2 Å². The molecule has 0 saturated heterocycles. The first-order valence-corrected chi connectivity index (χ1v) is 27.3. The number of hydrogen-bond acceptors (Lipinski definition) is 10. The van der Waals surface area contributed by atoms with E-state index in [0.29, 0.717) is 56.1 Å². The Balaban J connectivity index is 0.000000352. The summed E-state index contributed by atoms with van der Waals surface area (Å²) in [6.07, 6.45) is -5.54. The van der Waals surface area contributed by atoms with Crippen LogP contribution >= 0.6 is 0 Å². The topological polar surface area (TPSA) is 229 Å². The van der Waals surface area contributed by atoms with Gasteiger partial charge in [-0.25, -0.2) is 8.78 Å². The molecule has 6 aromatic carbocycles. The van der Waals surface area contributed by atoms with Crippen LogP contribution in [0.25, 0.3) is 44.8 Å². The van der Waals surface area contributed by atoms with Gasteiger partial charge in [0.25, 0.3) is 11.8 Å². The van der Waals surface area contributed by atoms with E-state index in [4.69, 9.17) is 0 Å². The van der Waals surface area contributed by atoms with Crippen LogP contribution in [0.15, 0.2) is 170 Å². The van der Waals surface area contributed by atoms with Crippen LogP contribution in [-0.4, -0.2) is 115 Å². The van der Waals surface area contributed by atoms with Crippen molar-refractivity contribution >= 4 is 72.9 Å². The molecule has 0 fully saturated rings. The molecule has 18 heteroatoms. The van der Waals surface area contributed by atoms with Gasteiger partial charge in [0.1, 0.15) is 11.6 Å². The van der Waals surface area contributed by atoms with Gasteiger partial charge in [0.2, 0.25) is 0 Å². The minimum absolute atomic E-state index is 0. The molecule has 6 N–H and O–H groups in total. The number of nitrogens with zero attached hydrogens (tertiary/aromatic N) is 2. The summed E-state index contributed by atoms with van der Waals surface area (Å²) in [6.45, 7) is 8.45. The fourth-order valence-electron chi connectivity index (χ4n) is 10.4. The van der Waals surface area contributed by atoms with E-state index in [1.165, 1.54) is 24.3 Å². The van der Waals surface area contributed by atoms with Crippen molar-refractivity contribution in [2.24, 2.45) is 0 Å². The summed E-state index contributed by atoms with van der Waals surface area (Å²) >= 11 is 0. The summed E-state index contributed by atoms with van der Waals surface area (Å²) in [6, 6.07) is 49.4. The quantitative estimate of drug-likeness (QED) is 0.0351. The molecular weight excluding hydrogens is 1110 g/mol. The molecule has 14 nitrogen and oxygen atoms in total. The molecule has 0 radical (unpaired) electrons. The number of aliphatic carboxylic acids is 2. The minimum atomic E-state index is -1.39. The second kappa shape index (κ2) is 32.8. The van der Waals surface area contributed by atoms with Crippen molar-refractivity contribution in [1.29, 1.82) is 0 Å². The van der Waals surface area contributed by atoms with Crippen LogP contribution in [-0.2, 0) is 22.7 Å². The number of carbonyl (C=O) groups excluding carboxylic acids is 4. The maximum absolute atomic E-state index is 14.0. The first kappa shape index (κ1) is 68.5. The molecule has 0 unspecified atom stereocenters. The summed E-state index contributed by atoms with van der Waals surface area (Å²) in [5.41, 5.74) is 9.43. The monoisotopic (exact) mass is 1180 g/mol. The van der Waals surface area contributed by atoms with Gasteiger partial charge in [0.15, 0.2) is 0 Å². The number of benzene rings is 6. The first-order valence-electron chi connectivity index (χ1n) is 27.3. The summed E-state index contributed by atoms with van der Waals surface area (Å²) in [5, 5.41) is 69.2.